The fraction of sp³-hybridized carbons (Fsp3) is 0.200. The van der Waals surface area contributed by atoms with Crippen LogP contribution < -0.4 is 5.56 Å². The Morgan fingerprint density at radius 1 is 1.40 bits per heavy atom. The van der Waals surface area contributed by atoms with Crippen LogP contribution >= 0.6 is 22.9 Å². The van der Waals surface area contributed by atoms with E-state index in [0.29, 0.717) is 5.39 Å². The number of fused-ring (bicyclic) bond motifs is 1. The Bertz CT molecular complexity index is 851. The van der Waals surface area contributed by atoms with Gasteiger partial charge in [0.15, 0.2) is 0 Å². The molecule has 102 valence electrons. The van der Waals surface area contributed by atoms with Crippen LogP contribution in [0.5, 0.6) is 0 Å². The highest BCUT2D eigenvalue weighted by Gasteiger charge is 2.16. The summed E-state index contributed by atoms with van der Waals surface area (Å²) < 4.78 is 0. The maximum Gasteiger partial charge on any atom is 0.260 e. The molecule has 0 atom stereocenters. The largest absolute Gasteiger partial charge is 0.313 e. The predicted octanol–water partition coefficient (Wildman–Crippen LogP) is 4.18. The molecule has 0 amide bonds. The van der Waals surface area contributed by atoms with Crippen molar-refractivity contribution in [2.24, 2.45) is 0 Å². The number of hydrogen-bond acceptors (Lipinski definition) is 3. The first kappa shape index (κ1) is 13.3. The van der Waals surface area contributed by atoms with Gasteiger partial charge in [0.05, 0.1) is 11.7 Å². The summed E-state index contributed by atoms with van der Waals surface area (Å²) in [6.45, 7) is 4.06. The molecular formula is C15H13ClN2OS. The molecule has 0 aliphatic heterocycles. The van der Waals surface area contributed by atoms with E-state index >= 15 is 0 Å². The van der Waals surface area contributed by atoms with Gasteiger partial charge in [-0.1, -0.05) is 24.6 Å². The number of halogens is 1. The Morgan fingerprint density at radius 3 is 2.90 bits per heavy atom. The predicted molar refractivity (Wildman–Crippen MR) is 84.8 cm³/mol. The first-order valence-corrected chi connectivity index (χ1v) is 7.56. The number of hydrogen-bond donors (Lipinski definition) is 1. The number of H-pyrrole nitrogens is 1. The summed E-state index contributed by atoms with van der Waals surface area (Å²) in [5, 5.41) is 1.41. The highest BCUT2D eigenvalue weighted by Crippen LogP contribution is 2.37. The number of thiophene rings is 1. The van der Waals surface area contributed by atoms with E-state index in [-0.39, 0.29) is 5.56 Å². The van der Waals surface area contributed by atoms with Crippen LogP contribution in [-0.4, -0.2) is 9.97 Å². The van der Waals surface area contributed by atoms with Gasteiger partial charge in [-0.25, -0.2) is 4.98 Å². The average Bonchev–Trinajstić information content (AvgIpc) is 2.82. The molecular weight excluding hydrogens is 292 g/mol. The van der Waals surface area contributed by atoms with Crippen LogP contribution in [0.1, 0.15) is 17.4 Å². The lowest BCUT2D eigenvalue weighted by atomic mass is 10.0. The van der Waals surface area contributed by atoms with Crippen LogP contribution in [0.4, 0.5) is 0 Å². The quantitative estimate of drug-likeness (QED) is 0.772. The van der Waals surface area contributed by atoms with Crippen LogP contribution in [0.2, 0.25) is 5.02 Å². The molecule has 0 saturated carbocycles. The molecule has 2 aromatic heterocycles. The van der Waals surface area contributed by atoms with Gasteiger partial charge in [-0.05, 0) is 36.6 Å². The zero-order chi connectivity index (χ0) is 14.3. The molecule has 3 aromatic rings. The van der Waals surface area contributed by atoms with Crippen LogP contribution in [-0.2, 0) is 6.42 Å². The average molecular weight is 305 g/mol. The maximum absolute atomic E-state index is 12.1. The van der Waals surface area contributed by atoms with Crippen molar-refractivity contribution in [1.82, 2.24) is 9.97 Å². The van der Waals surface area contributed by atoms with Gasteiger partial charge in [-0.2, -0.15) is 0 Å². The van der Waals surface area contributed by atoms with Gasteiger partial charge in [0.1, 0.15) is 4.83 Å². The Kier molecular flexibility index (Phi) is 3.36. The lowest BCUT2D eigenvalue weighted by Gasteiger charge is -2.05. The minimum absolute atomic E-state index is 0.0893. The van der Waals surface area contributed by atoms with Crippen molar-refractivity contribution < 1.29 is 0 Å². The third-order valence-electron chi connectivity index (χ3n) is 3.33. The maximum atomic E-state index is 12.1. The summed E-state index contributed by atoms with van der Waals surface area (Å²) >= 11 is 7.67. The van der Waals surface area contributed by atoms with E-state index in [9.17, 15) is 4.79 Å². The zero-order valence-electron chi connectivity index (χ0n) is 11.2. The summed E-state index contributed by atoms with van der Waals surface area (Å²) in [6.07, 6.45) is 2.33. The Labute approximate surface area is 125 Å². The Balaban J connectivity index is 2.39. The molecule has 0 saturated heterocycles. The highest BCUT2D eigenvalue weighted by atomic mass is 35.5. The van der Waals surface area contributed by atoms with E-state index in [0.717, 1.165) is 33.0 Å². The van der Waals surface area contributed by atoms with E-state index in [1.54, 1.807) is 11.3 Å². The number of aromatic amines is 1. The molecule has 0 unspecified atom stereocenters. The molecule has 0 fully saturated rings. The molecule has 0 aliphatic rings. The molecule has 0 aliphatic carbocycles. The summed E-state index contributed by atoms with van der Waals surface area (Å²) in [4.78, 5) is 21.0. The lowest BCUT2D eigenvalue weighted by Crippen LogP contribution is -2.05. The van der Waals surface area contributed by atoms with E-state index < -0.39 is 0 Å². The van der Waals surface area contributed by atoms with Gasteiger partial charge < -0.3 is 4.98 Å². The van der Waals surface area contributed by atoms with E-state index in [1.807, 2.05) is 25.1 Å². The van der Waals surface area contributed by atoms with Crippen LogP contribution in [0.25, 0.3) is 21.3 Å². The zero-order valence-corrected chi connectivity index (χ0v) is 12.7. The molecule has 3 nitrogen and oxygen atoms in total. The minimum Gasteiger partial charge on any atom is -0.313 e. The van der Waals surface area contributed by atoms with Gasteiger partial charge in [-0.15, -0.1) is 11.3 Å². The Hall–Kier alpha value is -1.65. The summed E-state index contributed by atoms with van der Waals surface area (Å²) in [5.74, 6) is 0. The monoisotopic (exact) mass is 304 g/mol. The number of aromatic nitrogens is 2. The van der Waals surface area contributed by atoms with Gasteiger partial charge in [0.25, 0.3) is 5.56 Å². The van der Waals surface area contributed by atoms with Crippen molar-refractivity contribution in [3.05, 3.63) is 50.3 Å². The van der Waals surface area contributed by atoms with Crippen molar-refractivity contribution in [1.29, 1.82) is 0 Å². The number of rotatable bonds is 2. The molecule has 1 aromatic carbocycles. The van der Waals surface area contributed by atoms with Crippen molar-refractivity contribution in [2.45, 2.75) is 20.3 Å². The number of aryl methyl sites for hydroxylation is 2. The topological polar surface area (TPSA) is 45.8 Å². The second-order valence-electron chi connectivity index (χ2n) is 4.63. The molecule has 3 rings (SSSR count). The molecule has 2 heterocycles. The fourth-order valence-electron chi connectivity index (χ4n) is 2.34. The van der Waals surface area contributed by atoms with Gasteiger partial charge in [-0.3, -0.25) is 4.79 Å². The smallest absolute Gasteiger partial charge is 0.260 e. The molecule has 5 heteroatoms. The van der Waals surface area contributed by atoms with Gasteiger partial charge in [0, 0.05) is 15.5 Å². The van der Waals surface area contributed by atoms with Gasteiger partial charge in [0.2, 0.25) is 0 Å². The number of nitrogens with zero attached hydrogens (tertiary/aromatic N) is 1. The SMILES string of the molecule is CCc1sc2nc[nH]c(=O)c2c1-c1ccc(Cl)c(C)c1. The Morgan fingerprint density at radius 2 is 2.20 bits per heavy atom. The van der Waals surface area contributed by atoms with Crippen LogP contribution in [0.3, 0.4) is 0 Å². The normalized spacial score (nSPS) is 11.2. The first-order valence-electron chi connectivity index (χ1n) is 6.37. The third-order valence-corrected chi connectivity index (χ3v) is 5.00. The minimum atomic E-state index is -0.0893. The second-order valence-corrected chi connectivity index (χ2v) is 6.12. The lowest BCUT2D eigenvalue weighted by molar-refractivity contribution is 1.17. The highest BCUT2D eigenvalue weighted by molar-refractivity contribution is 7.19. The second kappa shape index (κ2) is 5.04. The summed E-state index contributed by atoms with van der Waals surface area (Å²) in [7, 11) is 0. The molecule has 0 radical (unpaired) electrons. The third kappa shape index (κ3) is 2.05. The van der Waals surface area contributed by atoms with Crippen molar-refractivity contribution in [3.8, 4) is 11.1 Å². The number of nitrogens with one attached hydrogen (secondary N) is 1. The van der Waals surface area contributed by atoms with Crippen molar-refractivity contribution in [2.75, 3.05) is 0 Å². The first-order chi connectivity index (χ1) is 9.61. The summed E-state index contributed by atoms with van der Waals surface area (Å²) in [6, 6.07) is 5.86. The van der Waals surface area contributed by atoms with Crippen molar-refractivity contribution in [3.63, 3.8) is 0 Å². The summed E-state index contributed by atoms with van der Waals surface area (Å²) in [5.41, 5.74) is 2.93. The number of benzene rings is 1. The van der Waals surface area contributed by atoms with Crippen LogP contribution in [0.15, 0.2) is 29.3 Å². The van der Waals surface area contributed by atoms with Gasteiger partial charge >= 0.3 is 0 Å². The molecule has 0 spiro atoms. The standard InChI is InChI=1S/C15H13ClN2OS/c1-3-11-12(9-4-5-10(16)8(2)6-9)13-14(19)17-7-18-15(13)20-11/h4-7H,3H2,1-2H3,(H,17,18,19). The van der Waals surface area contributed by atoms with E-state index in [4.69, 9.17) is 11.6 Å². The molecule has 20 heavy (non-hydrogen) atoms. The molecule has 1 N–H and O–H groups in total. The fourth-order valence-corrected chi connectivity index (χ4v) is 3.56. The van der Waals surface area contributed by atoms with Crippen LogP contribution in [0, 0.1) is 6.92 Å². The molecule has 0 bridgehead atoms. The van der Waals surface area contributed by atoms with Crippen molar-refractivity contribution >= 4 is 33.2 Å². The van der Waals surface area contributed by atoms with E-state index in [1.165, 1.54) is 11.2 Å². The van der Waals surface area contributed by atoms with E-state index in [2.05, 4.69) is 16.9 Å².